The average Bonchev–Trinajstić information content (AvgIpc) is 2.71. The first kappa shape index (κ1) is 13.2. The van der Waals surface area contributed by atoms with Crippen molar-refractivity contribution in [1.82, 2.24) is 9.88 Å². The van der Waals surface area contributed by atoms with Crippen molar-refractivity contribution in [1.29, 1.82) is 0 Å². The molecule has 98 valence electrons. The molecule has 0 aliphatic heterocycles. The van der Waals surface area contributed by atoms with E-state index in [9.17, 15) is 0 Å². The van der Waals surface area contributed by atoms with Gasteiger partial charge in [-0.1, -0.05) is 32.0 Å². The van der Waals surface area contributed by atoms with Gasteiger partial charge >= 0.3 is 0 Å². The predicted octanol–water partition coefficient (Wildman–Crippen LogP) is 3.75. The molecule has 1 aromatic heterocycles. The number of nitrogens with one attached hydrogen (secondary N) is 1. The molecule has 0 atom stereocenters. The highest BCUT2D eigenvalue weighted by atomic mass is 15.1. The van der Waals surface area contributed by atoms with Crippen LogP contribution in [0.3, 0.4) is 0 Å². The molecule has 0 radical (unpaired) electrons. The summed E-state index contributed by atoms with van der Waals surface area (Å²) < 4.78 is 0. The topological polar surface area (TPSA) is 19.0 Å². The maximum Gasteiger partial charge on any atom is 0.0458 e. The molecule has 2 aromatic rings. The first-order valence-corrected chi connectivity index (χ1v) is 7.04. The molecule has 2 rings (SSSR count). The fourth-order valence-electron chi connectivity index (χ4n) is 2.68. The number of aromatic nitrogens is 1. The maximum atomic E-state index is 3.48. The highest BCUT2D eigenvalue weighted by Crippen LogP contribution is 2.23. The lowest BCUT2D eigenvalue weighted by Crippen LogP contribution is -2.24. The van der Waals surface area contributed by atoms with Gasteiger partial charge in [0.1, 0.15) is 0 Å². The SMILES string of the molecule is CCN(CC)CCCc1c(C)[nH]c2ccccc12. The average molecular weight is 244 g/mol. The summed E-state index contributed by atoms with van der Waals surface area (Å²) in [6.07, 6.45) is 2.41. The summed E-state index contributed by atoms with van der Waals surface area (Å²) >= 11 is 0. The van der Waals surface area contributed by atoms with Crippen molar-refractivity contribution in [2.24, 2.45) is 0 Å². The van der Waals surface area contributed by atoms with Crippen molar-refractivity contribution < 1.29 is 0 Å². The van der Waals surface area contributed by atoms with Crippen LogP contribution in [0.25, 0.3) is 10.9 Å². The molecular formula is C16H24N2. The minimum Gasteiger partial charge on any atom is -0.358 e. The predicted molar refractivity (Wildman–Crippen MR) is 79.1 cm³/mol. The summed E-state index contributed by atoms with van der Waals surface area (Å²) in [6.45, 7) is 10.2. The monoisotopic (exact) mass is 244 g/mol. The molecule has 2 heteroatoms. The number of rotatable bonds is 6. The number of aromatic amines is 1. The molecule has 18 heavy (non-hydrogen) atoms. The zero-order valence-corrected chi connectivity index (χ0v) is 11.8. The molecule has 0 aliphatic carbocycles. The lowest BCUT2D eigenvalue weighted by Gasteiger charge is -2.17. The zero-order valence-electron chi connectivity index (χ0n) is 11.8. The smallest absolute Gasteiger partial charge is 0.0458 e. The molecule has 0 saturated heterocycles. The molecule has 2 nitrogen and oxygen atoms in total. The van der Waals surface area contributed by atoms with E-state index in [-0.39, 0.29) is 0 Å². The minimum absolute atomic E-state index is 1.16. The second kappa shape index (κ2) is 6.05. The van der Waals surface area contributed by atoms with Gasteiger partial charge in [-0.15, -0.1) is 0 Å². The lowest BCUT2D eigenvalue weighted by molar-refractivity contribution is 0.300. The normalized spacial score (nSPS) is 11.6. The number of hydrogen-bond donors (Lipinski definition) is 1. The number of nitrogens with zero attached hydrogens (tertiary/aromatic N) is 1. The third-order valence-electron chi connectivity index (χ3n) is 3.82. The fraction of sp³-hybridized carbons (Fsp3) is 0.500. The van der Waals surface area contributed by atoms with Gasteiger partial charge < -0.3 is 9.88 Å². The van der Waals surface area contributed by atoms with E-state index in [1.807, 2.05) is 0 Å². The standard InChI is InChI=1S/C16H24N2/c1-4-18(5-2)12-8-10-14-13(3)17-16-11-7-6-9-15(14)16/h6-7,9,11,17H,4-5,8,10,12H2,1-3H3. The van der Waals surface area contributed by atoms with Crippen LogP contribution < -0.4 is 0 Å². The van der Waals surface area contributed by atoms with E-state index in [1.165, 1.54) is 41.5 Å². The van der Waals surface area contributed by atoms with Crippen molar-refractivity contribution >= 4 is 10.9 Å². The fourth-order valence-corrected chi connectivity index (χ4v) is 2.68. The molecule has 0 amide bonds. The Hall–Kier alpha value is -1.28. The van der Waals surface area contributed by atoms with Gasteiger partial charge in [0.2, 0.25) is 0 Å². The van der Waals surface area contributed by atoms with Crippen molar-refractivity contribution in [2.45, 2.75) is 33.6 Å². The van der Waals surface area contributed by atoms with Crippen LogP contribution in [0.5, 0.6) is 0 Å². The number of H-pyrrole nitrogens is 1. The molecule has 1 N–H and O–H groups in total. The molecule has 0 bridgehead atoms. The Kier molecular flexibility index (Phi) is 4.43. The van der Waals surface area contributed by atoms with Gasteiger partial charge in [-0.05, 0) is 51.0 Å². The third-order valence-corrected chi connectivity index (χ3v) is 3.82. The minimum atomic E-state index is 1.16. The van der Waals surface area contributed by atoms with Gasteiger partial charge in [-0.25, -0.2) is 0 Å². The summed E-state index contributed by atoms with van der Waals surface area (Å²) in [5.41, 5.74) is 4.10. The van der Waals surface area contributed by atoms with Crippen LogP contribution in [-0.2, 0) is 6.42 Å². The van der Waals surface area contributed by atoms with Crippen molar-refractivity contribution in [2.75, 3.05) is 19.6 Å². The van der Waals surface area contributed by atoms with Gasteiger partial charge in [0.05, 0.1) is 0 Å². The van der Waals surface area contributed by atoms with E-state index < -0.39 is 0 Å². The number of aryl methyl sites for hydroxylation is 2. The molecule has 0 unspecified atom stereocenters. The highest BCUT2D eigenvalue weighted by molar-refractivity contribution is 5.84. The van der Waals surface area contributed by atoms with E-state index in [2.05, 4.69) is 54.9 Å². The first-order valence-electron chi connectivity index (χ1n) is 7.04. The van der Waals surface area contributed by atoms with Crippen LogP contribution in [0.1, 0.15) is 31.5 Å². The van der Waals surface area contributed by atoms with Crippen molar-refractivity contribution in [3.8, 4) is 0 Å². The number of hydrogen-bond acceptors (Lipinski definition) is 1. The molecular weight excluding hydrogens is 220 g/mol. The molecule has 0 saturated carbocycles. The summed E-state index contributed by atoms with van der Waals surface area (Å²) in [6, 6.07) is 8.61. The van der Waals surface area contributed by atoms with E-state index in [0.29, 0.717) is 0 Å². The van der Waals surface area contributed by atoms with Crippen LogP contribution in [0.15, 0.2) is 24.3 Å². The Balaban J connectivity index is 2.05. The second-order valence-electron chi connectivity index (χ2n) is 4.90. The van der Waals surface area contributed by atoms with Crippen molar-refractivity contribution in [3.63, 3.8) is 0 Å². The molecule has 1 aromatic carbocycles. The first-order chi connectivity index (χ1) is 8.76. The molecule has 0 spiro atoms. The second-order valence-corrected chi connectivity index (χ2v) is 4.90. The highest BCUT2D eigenvalue weighted by Gasteiger charge is 2.08. The Morgan fingerprint density at radius 2 is 1.83 bits per heavy atom. The molecule has 0 fully saturated rings. The van der Waals surface area contributed by atoms with Crippen molar-refractivity contribution in [3.05, 3.63) is 35.5 Å². The van der Waals surface area contributed by atoms with Crippen LogP contribution >= 0.6 is 0 Å². The number of benzene rings is 1. The molecule has 1 heterocycles. The van der Waals surface area contributed by atoms with E-state index >= 15 is 0 Å². The third kappa shape index (κ3) is 2.75. The number of para-hydroxylation sites is 1. The summed E-state index contributed by atoms with van der Waals surface area (Å²) in [4.78, 5) is 5.97. The summed E-state index contributed by atoms with van der Waals surface area (Å²) in [5.74, 6) is 0. The quantitative estimate of drug-likeness (QED) is 0.820. The van der Waals surface area contributed by atoms with E-state index in [1.54, 1.807) is 0 Å². The summed E-state index contributed by atoms with van der Waals surface area (Å²) in [7, 11) is 0. The van der Waals surface area contributed by atoms with Gasteiger partial charge in [0.15, 0.2) is 0 Å². The largest absolute Gasteiger partial charge is 0.358 e. The Bertz CT molecular complexity index is 495. The Morgan fingerprint density at radius 3 is 2.56 bits per heavy atom. The van der Waals surface area contributed by atoms with Crippen LogP contribution in [0.4, 0.5) is 0 Å². The Labute approximate surface area is 110 Å². The van der Waals surface area contributed by atoms with Crippen LogP contribution in [0, 0.1) is 6.92 Å². The number of fused-ring (bicyclic) bond motifs is 1. The Morgan fingerprint density at radius 1 is 1.11 bits per heavy atom. The zero-order chi connectivity index (χ0) is 13.0. The van der Waals surface area contributed by atoms with E-state index in [0.717, 1.165) is 13.1 Å². The molecule has 0 aliphatic rings. The van der Waals surface area contributed by atoms with Gasteiger partial charge in [-0.3, -0.25) is 0 Å². The maximum absolute atomic E-state index is 3.48. The van der Waals surface area contributed by atoms with Gasteiger partial charge in [0, 0.05) is 16.6 Å². The summed E-state index contributed by atoms with van der Waals surface area (Å²) in [5, 5.41) is 1.40. The lowest BCUT2D eigenvalue weighted by atomic mass is 10.1. The van der Waals surface area contributed by atoms with Gasteiger partial charge in [-0.2, -0.15) is 0 Å². The van der Waals surface area contributed by atoms with Gasteiger partial charge in [0.25, 0.3) is 0 Å². The van der Waals surface area contributed by atoms with E-state index in [4.69, 9.17) is 0 Å². The van der Waals surface area contributed by atoms with Crippen LogP contribution in [-0.4, -0.2) is 29.5 Å². The van der Waals surface area contributed by atoms with Crippen LogP contribution in [0.2, 0.25) is 0 Å².